The monoisotopic (exact) mass is 465 g/mol. The van der Waals surface area contributed by atoms with Crippen molar-refractivity contribution in [2.24, 2.45) is 0 Å². The van der Waals surface area contributed by atoms with Gasteiger partial charge in [-0.3, -0.25) is 4.79 Å². The molecule has 0 unspecified atom stereocenters. The van der Waals surface area contributed by atoms with Gasteiger partial charge in [-0.2, -0.15) is 18.3 Å². The molecule has 34 heavy (non-hydrogen) atoms. The zero-order chi connectivity index (χ0) is 23.9. The van der Waals surface area contributed by atoms with Gasteiger partial charge in [-0.1, -0.05) is 48.0 Å². The fourth-order valence-corrected chi connectivity index (χ4v) is 4.12. The molecule has 174 valence electrons. The SMILES string of the molecule is Cc1ccc(-c2cc(C(F)(F)F)n3nc(C(=O)N4CCN(c5ccccc5)CC4)cc3n2)cc1. The molecule has 6 nitrogen and oxygen atoms in total. The first kappa shape index (κ1) is 21.9. The van der Waals surface area contributed by atoms with E-state index in [2.05, 4.69) is 15.0 Å². The van der Waals surface area contributed by atoms with E-state index < -0.39 is 17.8 Å². The molecule has 0 N–H and O–H groups in total. The minimum Gasteiger partial charge on any atom is -0.368 e. The number of anilines is 1. The quantitative estimate of drug-likeness (QED) is 0.441. The second kappa shape index (κ2) is 8.48. The smallest absolute Gasteiger partial charge is 0.368 e. The number of alkyl halides is 3. The van der Waals surface area contributed by atoms with E-state index in [-0.39, 0.29) is 17.0 Å². The second-order valence-corrected chi connectivity index (χ2v) is 8.30. The van der Waals surface area contributed by atoms with Crippen LogP contribution in [-0.4, -0.2) is 51.6 Å². The highest BCUT2D eigenvalue weighted by molar-refractivity contribution is 5.93. The zero-order valence-electron chi connectivity index (χ0n) is 18.5. The summed E-state index contributed by atoms with van der Waals surface area (Å²) in [4.78, 5) is 21.3. The first-order chi connectivity index (χ1) is 16.3. The van der Waals surface area contributed by atoms with Crippen molar-refractivity contribution in [1.82, 2.24) is 19.5 Å². The van der Waals surface area contributed by atoms with Gasteiger partial charge in [0.05, 0.1) is 5.69 Å². The summed E-state index contributed by atoms with van der Waals surface area (Å²) in [5.41, 5.74) is 1.76. The molecule has 0 spiro atoms. The van der Waals surface area contributed by atoms with E-state index in [9.17, 15) is 18.0 Å². The summed E-state index contributed by atoms with van der Waals surface area (Å²) >= 11 is 0. The summed E-state index contributed by atoms with van der Waals surface area (Å²) in [7, 11) is 0. The third kappa shape index (κ3) is 4.21. The normalized spacial score (nSPS) is 14.6. The minimum absolute atomic E-state index is 0.0170. The van der Waals surface area contributed by atoms with Crippen LogP contribution in [0, 0.1) is 6.92 Å². The number of aryl methyl sites for hydroxylation is 1. The number of hydrogen-bond donors (Lipinski definition) is 0. The topological polar surface area (TPSA) is 53.7 Å². The molecule has 3 heterocycles. The molecular weight excluding hydrogens is 443 g/mol. The molecule has 0 saturated carbocycles. The number of nitrogens with zero attached hydrogens (tertiary/aromatic N) is 5. The van der Waals surface area contributed by atoms with Gasteiger partial charge < -0.3 is 9.80 Å². The van der Waals surface area contributed by atoms with Crippen molar-refractivity contribution in [1.29, 1.82) is 0 Å². The highest BCUT2D eigenvalue weighted by Gasteiger charge is 2.36. The number of benzene rings is 2. The van der Waals surface area contributed by atoms with Gasteiger partial charge in [0, 0.05) is 43.5 Å². The number of amides is 1. The molecule has 1 aliphatic heterocycles. The summed E-state index contributed by atoms with van der Waals surface area (Å²) in [5, 5.41) is 4.01. The number of halogens is 3. The summed E-state index contributed by atoms with van der Waals surface area (Å²) in [5.74, 6) is -0.400. The lowest BCUT2D eigenvalue weighted by molar-refractivity contribution is -0.142. The van der Waals surface area contributed by atoms with Gasteiger partial charge in [-0.15, -0.1) is 0 Å². The lowest BCUT2D eigenvalue weighted by Crippen LogP contribution is -2.48. The zero-order valence-corrected chi connectivity index (χ0v) is 18.5. The van der Waals surface area contributed by atoms with E-state index in [1.54, 1.807) is 17.0 Å². The van der Waals surface area contributed by atoms with E-state index in [1.165, 1.54) is 6.07 Å². The molecular formula is C25H22F3N5O. The van der Waals surface area contributed by atoms with Gasteiger partial charge in [-0.05, 0) is 25.1 Å². The van der Waals surface area contributed by atoms with Crippen LogP contribution in [0.25, 0.3) is 16.9 Å². The number of aromatic nitrogens is 3. The molecule has 0 aliphatic carbocycles. The van der Waals surface area contributed by atoms with Crippen molar-refractivity contribution in [3.05, 3.63) is 83.7 Å². The maximum atomic E-state index is 13.9. The fraction of sp³-hybridized carbons (Fsp3) is 0.240. The third-order valence-corrected chi connectivity index (χ3v) is 5.97. The van der Waals surface area contributed by atoms with Crippen LogP contribution in [0.5, 0.6) is 0 Å². The van der Waals surface area contributed by atoms with Crippen LogP contribution in [0.15, 0.2) is 66.7 Å². The van der Waals surface area contributed by atoms with Crippen molar-refractivity contribution in [3.63, 3.8) is 0 Å². The van der Waals surface area contributed by atoms with Gasteiger partial charge >= 0.3 is 6.18 Å². The van der Waals surface area contributed by atoms with Crippen LogP contribution in [0.3, 0.4) is 0 Å². The van der Waals surface area contributed by atoms with Crippen LogP contribution in [0.2, 0.25) is 0 Å². The Bertz CT molecular complexity index is 1320. The van der Waals surface area contributed by atoms with Gasteiger partial charge in [0.15, 0.2) is 17.0 Å². The van der Waals surface area contributed by atoms with E-state index in [0.29, 0.717) is 36.3 Å². The number of carbonyl (C=O) groups excluding carboxylic acids is 1. The molecule has 9 heteroatoms. The Kier molecular flexibility index (Phi) is 5.47. The maximum Gasteiger partial charge on any atom is 0.433 e. The fourth-order valence-electron chi connectivity index (χ4n) is 4.12. The molecule has 5 rings (SSSR count). The van der Waals surface area contributed by atoms with Crippen molar-refractivity contribution in [2.75, 3.05) is 31.1 Å². The molecule has 0 bridgehead atoms. The Morgan fingerprint density at radius 1 is 0.912 bits per heavy atom. The lowest BCUT2D eigenvalue weighted by Gasteiger charge is -2.35. The lowest BCUT2D eigenvalue weighted by atomic mass is 10.1. The molecule has 1 saturated heterocycles. The van der Waals surface area contributed by atoms with Crippen molar-refractivity contribution in [3.8, 4) is 11.3 Å². The summed E-state index contributed by atoms with van der Waals surface area (Å²) in [6, 6.07) is 19.3. The summed E-state index contributed by atoms with van der Waals surface area (Å²) in [6.45, 7) is 4.07. The molecule has 4 aromatic rings. The first-order valence-electron chi connectivity index (χ1n) is 10.9. The number of rotatable bonds is 3. The predicted molar refractivity (Wildman–Crippen MR) is 123 cm³/mol. The van der Waals surface area contributed by atoms with Crippen LogP contribution in [0.4, 0.5) is 18.9 Å². The predicted octanol–water partition coefficient (Wildman–Crippen LogP) is 4.69. The first-order valence-corrected chi connectivity index (χ1v) is 10.9. The molecule has 2 aromatic heterocycles. The maximum absolute atomic E-state index is 13.9. The van der Waals surface area contributed by atoms with Crippen LogP contribution < -0.4 is 4.90 Å². The molecule has 2 aromatic carbocycles. The number of para-hydroxylation sites is 1. The Hall–Kier alpha value is -3.88. The highest BCUT2D eigenvalue weighted by atomic mass is 19.4. The molecule has 1 aliphatic rings. The van der Waals surface area contributed by atoms with Crippen LogP contribution in [0.1, 0.15) is 21.7 Å². The van der Waals surface area contributed by atoms with Crippen molar-refractivity contribution < 1.29 is 18.0 Å². The summed E-state index contributed by atoms with van der Waals surface area (Å²) in [6.07, 6.45) is -4.66. The number of piperazine rings is 1. The molecule has 1 amide bonds. The van der Waals surface area contributed by atoms with Gasteiger partial charge in [0.2, 0.25) is 0 Å². The van der Waals surface area contributed by atoms with Crippen LogP contribution >= 0.6 is 0 Å². The van der Waals surface area contributed by atoms with E-state index >= 15 is 0 Å². The second-order valence-electron chi connectivity index (χ2n) is 8.30. The molecule has 1 fully saturated rings. The van der Waals surface area contributed by atoms with E-state index in [4.69, 9.17) is 0 Å². The minimum atomic E-state index is -4.66. The van der Waals surface area contributed by atoms with E-state index in [1.807, 2.05) is 49.4 Å². The number of fused-ring (bicyclic) bond motifs is 1. The summed E-state index contributed by atoms with van der Waals surface area (Å²) < 4.78 is 42.3. The molecule has 0 atom stereocenters. The van der Waals surface area contributed by atoms with Crippen molar-refractivity contribution >= 4 is 17.2 Å². The number of carbonyl (C=O) groups is 1. The number of hydrogen-bond acceptors (Lipinski definition) is 4. The third-order valence-electron chi connectivity index (χ3n) is 5.97. The Labute approximate surface area is 194 Å². The van der Waals surface area contributed by atoms with Gasteiger partial charge in [0.1, 0.15) is 0 Å². The van der Waals surface area contributed by atoms with Gasteiger partial charge in [0.25, 0.3) is 5.91 Å². The Morgan fingerprint density at radius 3 is 2.24 bits per heavy atom. The Balaban J connectivity index is 1.44. The standard InChI is InChI=1S/C25H22F3N5O/c1-17-7-9-18(10-8-17)20-15-22(25(26,27)28)33-23(29-20)16-21(30-33)24(34)32-13-11-31(12-14-32)19-5-3-2-4-6-19/h2-10,15-16H,11-14H2,1H3. The van der Waals surface area contributed by atoms with Crippen molar-refractivity contribution in [2.45, 2.75) is 13.1 Å². The van der Waals surface area contributed by atoms with Crippen LogP contribution in [-0.2, 0) is 6.18 Å². The highest BCUT2D eigenvalue weighted by Crippen LogP contribution is 2.32. The largest absolute Gasteiger partial charge is 0.433 e. The van der Waals surface area contributed by atoms with E-state index in [0.717, 1.165) is 17.3 Å². The van der Waals surface area contributed by atoms with Gasteiger partial charge in [-0.25, -0.2) is 9.50 Å². The Morgan fingerprint density at radius 2 is 1.59 bits per heavy atom. The average molecular weight is 465 g/mol. The molecule has 0 radical (unpaired) electrons. The average Bonchev–Trinajstić information content (AvgIpc) is 3.27.